The normalized spacial score (nSPS) is 23.5. The van der Waals surface area contributed by atoms with E-state index in [-0.39, 0.29) is 30.1 Å². The number of piperazine rings is 1. The Balaban J connectivity index is 0.861. The quantitative estimate of drug-likeness (QED) is 0.194. The third kappa shape index (κ3) is 6.21. The lowest BCUT2D eigenvalue weighted by atomic mass is 9.92. The van der Waals surface area contributed by atoms with Gasteiger partial charge in [-0.05, 0) is 81.4 Å². The Labute approximate surface area is 278 Å². The summed E-state index contributed by atoms with van der Waals surface area (Å²) in [6, 6.07) is 9.94. The van der Waals surface area contributed by atoms with Crippen LogP contribution in [-0.4, -0.2) is 114 Å². The zero-order valence-corrected chi connectivity index (χ0v) is 27.0. The van der Waals surface area contributed by atoms with Gasteiger partial charge >= 0.3 is 0 Å². The molecular weight excluding hydrogens is 616 g/mol. The van der Waals surface area contributed by atoms with Crippen LogP contribution >= 0.6 is 0 Å². The first-order valence-corrected chi connectivity index (χ1v) is 17.0. The van der Waals surface area contributed by atoms with Crippen molar-refractivity contribution in [1.82, 2.24) is 20.0 Å². The molecule has 0 radical (unpaired) electrons. The van der Waals surface area contributed by atoms with E-state index in [1.54, 1.807) is 24.3 Å². The molecule has 5 aliphatic heterocycles. The molecule has 4 saturated heterocycles. The molecule has 1 unspecified atom stereocenters. The average molecular weight is 659 g/mol. The highest BCUT2D eigenvalue weighted by Crippen LogP contribution is 2.33. The number of carbonyl (C=O) groups is 4. The lowest BCUT2D eigenvalue weighted by Crippen LogP contribution is -2.54. The number of likely N-dealkylation sites (tertiary alicyclic amines) is 1. The first kappa shape index (κ1) is 32.0. The van der Waals surface area contributed by atoms with Crippen LogP contribution in [0, 0.1) is 16.0 Å². The molecule has 48 heavy (non-hydrogen) atoms. The van der Waals surface area contributed by atoms with Gasteiger partial charge in [-0.2, -0.15) is 0 Å². The number of hydrogen-bond donors (Lipinski definition) is 2. The molecule has 2 aromatic carbocycles. The number of nitrogens with zero attached hydrogens (tertiary/aromatic N) is 6. The monoisotopic (exact) mass is 658 g/mol. The number of rotatable bonds is 7. The summed E-state index contributed by atoms with van der Waals surface area (Å²) < 4.78 is 0. The van der Waals surface area contributed by atoms with Crippen LogP contribution in [0.3, 0.4) is 0 Å². The molecule has 5 heterocycles. The van der Waals surface area contributed by atoms with E-state index >= 15 is 0 Å². The number of anilines is 3. The van der Waals surface area contributed by atoms with E-state index in [0.717, 1.165) is 88.0 Å². The first-order chi connectivity index (χ1) is 23.2. The van der Waals surface area contributed by atoms with Crippen molar-refractivity contribution >= 4 is 46.4 Å². The van der Waals surface area contributed by atoms with Gasteiger partial charge in [-0.25, -0.2) is 0 Å². The van der Waals surface area contributed by atoms with Crippen molar-refractivity contribution in [3.63, 3.8) is 0 Å². The number of imide groups is 2. The van der Waals surface area contributed by atoms with Crippen molar-refractivity contribution in [3.05, 3.63) is 57.6 Å². The fourth-order valence-corrected chi connectivity index (χ4v) is 8.10. The summed E-state index contributed by atoms with van der Waals surface area (Å²) in [6.45, 7) is 8.72. The molecule has 0 saturated carbocycles. The number of nitrogens with two attached hydrogens (primary N) is 1. The van der Waals surface area contributed by atoms with Crippen molar-refractivity contribution in [2.75, 3.05) is 74.4 Å². The summed E-state index contributed by atoms with van der Waals surface area (Å²) in [5.41, 5.74) is 8.55. The molecule has 5 aliphatic rings. The van der Waals surface area contributed by atoms with Crippen molar-refractivity contribution < 1.29 is 24.1 Å². The van der Waals surface area contributed by atoms with E-state index in [4.69, 9.17) is 5.73 Å². The number of fused-ring (bicyclic) bond motifs is 1. The van der Waals surface area contributed by atoms with E-state index < -0.39 is 28.7 Å². The molecule has 14 nitrogen and oxygen atoms in total. The Bertz CT molecular complexity index is 1630. The van der Waals surface area contributed by atoms with Crippen LogP contribution in [0.2, 0.25) is 0 Å². The molecule has 7 rings (SSSR count). The molecule has 2 aromatic rings. The fourth-order valence-electron chi connectivity index (χ4n) is 8.10. The number of amides is 4. The molecule has 14 heteroatoms. The largest absolute Gasteiger partial charge is 0.393 e. The third-order valence-electron chi connectivity index (χ3n) is 10.9. The van der Waals surface area contributed by atoms with Gasteiger partial charge in [0.15, 0.2) is 0 Å². The van der Waals surface area contributed by atoms with Crippen LogP contribution in [0.4, 0.5) is 22.7 Å². The molecule has 4 fully saturated rings. The molecule has 0 spiro atoms. The van der Waals surface area contributed by atoms with Gasteiger partial charge in [0.1, 0.15) is 11.7 Å². The maximum atomic E-state index is 13.3. The number of hydrogen-bond acceptors (Lipinski definition) is 11. The van der Waals surface area contributed by atoms with Gasteiger partial charge in [0.25, 0.3) is 17.5 Å². The minimum atomic E-state index is -0.960. The van der Waals surface area contributed by atoms with Gasteiger partial charge in [-0.15, -0.1) is 0 Å². The number of carbonyl (C=O) groups excluding carboxylic acids is 4. The SMILES string of the molecule is Nc1cc(N2CCN(CC3CCN(C4CCN(c5ccc6c(c5)C(=O)N(C5CCC(=O)NC5=O)C6=O)CC4)CC3)CC2)ccc1[N+](=O)[O-]. The van der Waals surface area contributed by atoms with Crippen molar-refractivity contribution in [3.8, 4) is 0 Å². The Hall–Kier alpha value is -4.56. The molecule has 0 bridgehead atoms. The van der Waals surface area contributed by atoms with E-state index in [1.807, 2.05) is 6.07 Å². The van der Waals surface area contributed by atoms with Crippen molar-refractivity contribution in [2.24, 2.45) is 5.92 Å². The minimum absolute atomic E-state index is 0.0496. The predicted octanol–water partition coefficient (Wildman–Crippen LogP) is 2.08. The highest BCUT2D eigenvalue weighted by molar-refractivity contribution is 6.23. The molecule has 0 aromatic heterocycles. The van der Waals surface area contributed by atoms with Gasteiger partial charge in [0.2, 0.25) is 11.8 Å². The van der Waals surface area contributed by atoms with Gasteiger partial charge < -0.3 is 20.4 Å². The third-order valence-corrected chi connectivity index (χ3v) is 10.9. The summed E-state index contributed by atoms with van der Waals surface area (Å²) >= 11 is 0. The first-order valence-electron chi connectivity index (χ1n) is 17.0. The maximum Gasteiger partial charge on any atom is 0.292 e. The Morgan fingerprint density at radius 3 is 2.08 bits per heavy atom. The Morgan fingerprint density at radius 1 is 0.771 bits per heavy atom. The van der Waals surface area contributed by atoms with E-state index in [0.29, 0.717) is 23.1 Å². The van der Waals surface area contributed by atoms with Crippen LogP contribution < -0.4 is 20.9 Å². The Kier molecular flexibility index (Phi) is 8.77. The molecule has 3 N–H and O–H groups in total. The molecular formula is C34H42N8O6. The molecule has 4 amide bonds. The number of nitrogens with one attached hydrogen (secondary N) is 1. The Morgan fingerprint density at radius 2 is 1.42 bits per heavy atom. The molecule has 0 aliphatic carbocycles. The number of benzene rings is 2. The summed E-state index contributed by atoms with van der Waals surface area (Å²) in [5.74, 6) is -1.26. The highest BCUT2D eigenvalue weighted by atomic mass is 16.6. The summed E-state index contributed by atoms with van der Waals surface area (Å²) in [5, 5.41) is 13.3. The summed E-state index contributed by atoms with van der Waals surface area (Å²) in [6.07, 6.45) is 4.68. The van der Waals surface area contributed by atoms with Gasteiger partial charge in [-0.3, -0.25) is 44.4 Å². The second-order valence-electron chi connectivity index (χ2n) is 13.7. The molecule has 254 valence electrons. The lowest BCUT2D eigenvalue weighted by Gasteiger charge is -2.43. The lowest BCUT2D eigenvalue weighted by molar-refractivity contribution is -0.383. The molecule has 1 atom stereocenters. The average Bonchev–Trinajstić information content (AvgIpc) is 3.33. The van der Waals surface area contributed by atoms with Gasteiger partial charge in [-0.1, -0.05) is 0 Å². The van der Waals surface area contributed by atoms with Crippen LogP contribution in [0.25, 0.3) is 0 Å². The smallest absolute Gasteiger partial charge is 0.292 e. The zero-order chi connectivity index (χ0) is 33.5. The van der Waals surface area contributed by atoms with Crippen molar-refractivity contribution in [2.45, 2.75) is 50.6 Å². The second-order valence-corrected chi connectivity index (χ2v) is 13.7. The zero-order valence-electron chi connectivity index (χ0n) is 27.0. The number of nitrogen functional groups attached to an aromatic ring is 1. The van der Waals surface area contributed by atoms with E-state index in [1.165, 1.54) is 18.9 Å². The van der Waals surface area contributed by atoms with Crippen LogP contribution in [0.5, 0.6) is 0 Å². The van der Waals surface area contributed by atoms with E-state index in [2.05, 4.69) is 24.9 Å². The minimum Gasteiger partial charge on any atom is -0.393 e. The second kappa shape index (κ2) is 13.2. The van der Waals surface area contributed by atoms with Crippen LogP contribution in [0.15, 0.2) is 36.4 Å². The highest BCUT2D eigenvalue weighted by Gasteiger charge is 2.45. The van der Waals surface area contributed by atoms with E-state index in [9.17, 15) is 29.3 Å². The topological polar surface area (TPSA) is 166 Å². The van der Waals surface area contributed by atoms with Crippen LogP contribution in [0.1, 0.15) is 59.2 Å². The predicted molar refractivity (Wildman–Crippen MR) is 179 cm³/mol. The number of nitro benzene ring substituents is 1. The summed E-state index contributed by atoms with van der Waals surface area (Å²) in [4.78, 5) is 71.7. The van der Waals surface area contributed by atoms with Crippen LogP contribution in [-0.2, 0) is 9.59 Å². The fraction of sp³-hybridized carbons (Fsp3) is 0.529. The number of piperidine rings is 3. The van der Waals surface area contributed by atoms with Crippen molar-refractivity contribution in [1.29, 1.82) is 0 Å². The maximum absolute atomic E-state index is 13.3. The van der Waals surface area contributed by atoms with Gasteiger partial charge in [0.05, 0.1) is 16.1 Å². The van der Waals surface area contributed by atoms with Gasteiger partial charge in [0, 0.05) is 75.7 Å². The summed E-state index contributed by atoms with van der Waals surface area (Å²) in [7, 11) is 0. The standard InChI is InChI=1S/C34H42N8O6/c35-28-20-25(2-4-29(28)42(47)48)40-17-15-37(16-18-40)21-22-7-11-38(12-8-22)23-9-13-39(14-10-23)24-1-3-26-27(19-24)34(46)41(33(26)45)30-5-6-31(43)36-32(30)44/h1-4,19-20,22-23,30H,5-18,21,35H2,(H,36,43,44). The number of nitro groups is 1.